The van der Waals surface area contributed by atoms with Crippen LogP contribution in [0, 0.1) is 0 Å². The summed E-state index contributed by atoms with van der Waals surface area (Å²) in [5.41, 5.74) is 1.55. The van der Waals surface area contributed by atoms with E-state index >= 15 is 0 Å². The van der Waals surface area contributed by atoms with Crippen molar-refractivity contribution in [3.8, 4) is 0 Å². The highest BCUT2D eigenvalue weighted by molar-refractivity contribution is 7.80. The molecule has 1 aliphatic heterocycles. The molecule has 0 radical (unpaired) electrons. The molecule has 1 fully saturated rings. The fourth-order valence-corrected chi connectivity index (χ4v) is 2.32. The molecule has 0 unspecified atom stereocenters. The van der Waals surface area contributed by atoms with E-state index in [4.69, 9.17) is 12.2 Å². The first kappa shape index (κ1) is 11.8. The number of hydrogen-bond acceptors (Lipinski definition) is 2. The SMILES string of the molecule is CC=C1C(=O)N(CC)C(=S)N1c1ccccc1. The molecule has 0 N–H and O–H groups in total. The Bertz CT molecular complexity index is 481. The molecule has 0 bridgehead atoms. The Kier molecular flexibility index (Phi) is 3.24. The molecule has 2 rings (SSSR count). The predicted molar refractivity (Wildman–Crippen MR) is 72.7 cm³/mol. The molecule has 1 aliphatic rings. The highest BCUT2D eigenvalue weighted by atomic mass is 32.1. The number of carbonyl (C=O) groups excluding carboxylic acids is 1. The van der Waals surface area contributed by atoms with Crippen LogP contribution in [0.3, 0.4) is 0 Å². The monoisotopic (exact) mass is 246 g/mol. The van der Waals surface area contributed by atoms with Crippen LogP contribution in [-0.4, -0.2) is 22.5 Å². The lowest BCUT2D eigenvalue weighted by molar-refractivity contribution is -0.122. The maximum Gasteiger partial charge on any atom is 0.276 e. The lowest BCUT2D eigenvalue weighted by Crippen LogP contribution is -2.32. The molecule has 1 amide bonds. The van der Waals surface area contributed by atoms with Gasteiger partial charge in [-0.3, -0.25) is 14.6 Å². The minimum atomic E-state index is -0.0242. The number of likely N-dealkylation sites (N-methyl/N-ethyl adjacent to an activating group) is 1. The van der Waals surface area contributed by atoms with E-state index in [0.717, 1.165) is 5.69 Å². The van der Waals surface area contributed by atoms with Crippen LogP contribution in [0.25, 0.3) is 0 Å². The van der Waals surface area contributed by atoms with Gasteiger partial charge in [-0.2, -0.15) is 0 Å². The number of benzene rings is 1. The predicted octanol–water partition coefficient (Wildman–Crippen LogP) is 2.54. The van der Waals surface area contributed by atoms with Gasteiger partial charge in [0.15, 0.2) is 5.11 Å². The molecule has 0 atom stereocenters. The van der Waals surface area contributed by atoms with Gasteiger partial charge in [-0.1, -0.05) is 24.3 Å². The number of rotatable bonds is 2. The van der Waals surface area contributed by atoms with E-state index < -0.39 is 0 Å². The number of allylic oxidation sites excluding steroid dienone is 1. The van der Waals surface area contributed by atoms with Crippen LogP contribution < -0.4 is 4.90 Å². The molecule has 1 saturated heterocycles. The van der Waals surface area contributed by atoms with Crippen LogP contribution in [-0.2, 0) is 4.79 Å². The number of para-hydroxylation sites is 1. The Balaban J connectivity index is 2.47. The van der Waals surface area contributed by atoms with E-state index in [9.17, 15) is 4.79 Å². The highest BCUT2D eigenvalue weighted by Gasteiger charge is 2.37. The van der Waals surface area contributed by atoms with Crippen molar-refractivity contribution in [3.05, 3.63) is 42.1 Å². The van der Waals surface area contributed by atoms with Gasteiger partial charge in [0.25, 0.3) is 5.91 Å². The van der Waals surface area contributed by atoms with Crippen molar-refractivity contribution in [2.75, 3.05) is 11.4 Å². The third-order valence-corrected chi connectivity index (χ3v) is 3.13. The van der Waals surface area contributed by atoms with Gasteiger partial charge in [-0.15, -0.1) is 0 Å². The summed E-state index contributed by atoms with van der Waals surface area (Å²) in [6, 6.07) is 9.70. The van der Waals surface area contributed by atoms with Crippen LogP contribution in [0.4, 0.5) is 5.69 Å². The average molecular weight is 246 g/mol. The van der Waals surface area contributed by atoms with Gasteiger partial charge in [0.2, 0.25) is 0 Å². The smallest absolute Gasteiger partial charge is 0.276 e. The first-order valence-corrected chi connectivity index (χ1v) is 5.98. The van der Waals surface area contributed by atoms with E-state index in [1.807, 2.05) is 49.1 Å². The molecule has 0 aromatic heterocycles. The lowest BCUT2D eigenvalue weighted by Gasteiger charge is -2.19. The standard InChI is InChI=1S/C13H14N2OS/c1-3-11-12(16)14(4-2)13(17)15(11)10-8-6-5-7-9-10/h3,5-9H,4H2,1-2H3. The summed E-state index contributed by atoms with van der Waals surface area (Å²) in [7, 11) is 0. The quantitative estimate of drug-likeness (QED) is 0.592. The van der Waals surface area contributed by atoms with E-state index in [1.165, 1.54) is 0 Å². The second kappa shape index (κ2) is 4.67. The largest absolute Gasteiger partial charge is 0.283 e. The highest BCUT2D eigenvalue weighted by Crippen LogP contribution is 2.27. The molecule has 4 heteroatoms. The number of hydrogen-bond donors (Lipinski definition) is 0. The van der Waals surface area contributed by atoms with Gasteiger partial charge < -0.3 is 0 Å². The first-order valence-electron chi connectivity index (χ1n) is 5.58. The summed E-state index contributed by atoms with van der Waals surface area (Å²) in [4.78, 5) is 15.5. The van der Waals surface area contributed by atoms with Crippen molar-refractivity contribution in [3.63, 3.8) is 0 Å². The second-order valence-electron chi connectivity index (χ2n) is 3.68. The number of anilines is 1. The van der Waals surface area contributed by atoms with E-state index in [1.54, 1.807) is 11.0 Å². The number of thiocarbonyl (C=S) groups is 1. The Morgan fingerprint density at radius 1 is 1.29 bits per heavy atom. The molecular formula is C13H14N2OS. The van der Waals surface area contributed by atoms with Gasteiger partial charge in [0.1, 0.15) is 5.70 Å². The van der Waals surface area contributed by atoms with Gasteiger partial charge in [-0.25, -0.2) is 0 Å². The molecule has 1 aromatic rings. The summed E-state index contributed by atoms with van der Waals surface area (Å²) in [6.07, 6.45) is 1.80. The molecule has 88 valence electrons. The molecule has 1 heterocycles. The zero-order chi connectivity index (χ0) is 12.4. The van der Waals surface area contributed by atoms with E-state index in [0.29, 0.717) is 17.4 Å². The van der Waals surface area contributed by atoms with Gasteiger partial charge >= 0.3 is 0 Å². The van der Waals surface area contributed by atoms with Crippen LogP contribution in [0.2, 0.25) is 0 Å². The minimum absolute atomic E-state index is 0.0242. The zero-order valence-corrected chi connectivity index (χ0v) is 10.7. The first-order chi connectivity index (χ1) is 8.20. The van der Waals surface area contributed by atoms with Crippen LogP contribution >= 0.6 is 12.2 Å². The van der Waals surface area contributed by atoms with Crippen molar-refractivity contribution in [1.29, 1.82) is 0 Å². The lowest BCUT2D eigenvalue weighted by atomic mass is 10.2. The minimum Gasteiger partial charge on any atom is -0.283 e. The molecule has 1 aromatic carbocycles. The van der Waals surface area contributed by atoms with Crippen LogP contribution in [0.15, 0.2) is 42.1 Å². The summed E-state index contributed by atoms with van der Waals surface area (Å²) in [6.45, 7) is 4.37. The summed E-state index contributed by atoms with van der Waals surface area (Å²) >= 11 is 5.35. The van der Waals surface area contributed by atoms with Gasteiger partial charge in [0, 0.05) is 12.2 Å². The Hall–Kier alpha value is -1.68. The van der Waals surface area contributed by atoms with Crippen molar-refractivity contribution >= 4 is 28.9 Å². The summed E-state index contributed by atoms with van der Waals surface area (Å²) in [5.74, 6) is -0.0242. The fourth-order valence-electron chi connectivity index (χ4n) is 1.90. The van der Waals surface area contributed by atoms with Crippen molar-refractivity contribution in [2.24, 2.45) is 0 Å². The molecular weight excluding hydrogens is 232 g/mol. The van der Waals surface area contributed by atoms with Crippen LogP contribution in [0.1, 0.15) is 13.8 Å². The maximum atomic E-state index is 12.1. The fraction of sp³-hybridized carbons (Fsp3) is 0.231. The average Bonchev–Trinajstić information content (AvgIpc) is 2.61. The second-order valence-corrected chi connectivity index (χ2v) is 4.04. The molecule has 17 heavy (non-hydrogen) atoms. The normalized spacial score (nSPS) is 18.4. The summed E-state index contributed by atoms with van der Waals surface area (Å²) < 4.78 is 0. The topological polar surface area (TPSA) is 23.6 Å². The van der Waals surface area contributed by atoms with Crippen molar-refractivity contribution < 1.29 is 4.79 Å². The Morgan fingerprint density at radius 2 is 1.94 bits per heavy atom. The van der Waals surface area contributed by atoms with Gasteiger partial charge in [0.05, 0.1) is 0 Å². The van der Waals surface area contributed by atoms with Crippen molar-refractivity contribution in [1.82, 2.24) is 4.90 Å². The molecule has 0 aliphatic carbocycles. The van der Waals surface area contributed by atoms with Crippen LogP contribution in [0.5, 0.6) is 0 Å². The van der Waals surface area contributed by atoms with Crippen molar-refractivity contribution in [2.45, 2.75) is 13.8 Å². The molecule has 0 saturated carbocycles. The number of nitrogens with zero attached hydrogens (tertiary/aromatic N) is 2. The Labute approximate surface area is 106 Å². The van der Waals surface area contributed by atoms with E-state index in [-0.39, 0.29) is 5.91 Å². The number of carbonyl (C=O) groups is 1. The third-order valence-electron chi connectivity index (χ3n) is 2.73. The Morgan fingerprint density at radius 3 is 2.47 bits per heavy atom. The van der Waals surface area contributed by atoms with E-state index in [2.05, 4.69) is 0 Å². The molecule has 0 spiro atoms. The maximum absolute atomic E-state index is 12.1. The molecule has 3 nitrogen and oxygen atoms in total. The van der Waals surface area contributed by atoms with Gasteiger partial charge in [-0.05, 0) is 38.2 Å². The third kappa shape index (κ3) is 1.85. The zero-order valence-electron chi connectivity index (χ0n) is 9.88. The summed E-state index contributed by atoms with van der Waals surface area (Å²) in [5, 5.41) is 0.553. The number of amides is 1.